The van der Waals surface area contributed by atoms with Crippen molar-refractivity contribution in [3.05, 3.63) is 102 Å². The van der Waals surface area contributed by atoms with Crippen LogP contribution in [0.3, 0.4) is 0 Å². The van der Waals surface area contributed by atoms with Crippen LogP contribution < -0.4 is 4.74 Å². The van der Waals surface area contributed by atoms with E-state index < -0.39 is 5.97 Å². The number of rotatable bonds is 4. The zero-order valence-corrected chi connectivity index (χ0v) is 15.4. The highest BCUT2D eigenvalue weighted by Gasteiger charge is 2.12. The topological polar surface area (TPSA) is 52.1 Å². The van der Waals surface area contributed by atoms with E-state index in [1.807, 2.05) is 49.4 Å². The van der Waals surface area contributed by atoms with Crippen LogP contribution in [0.15, 0.2) is 91.0 Å². The highest BCUT2D eigenvalue weighted by Crippen LogP contribution is 2.24. The van der Waals surface area contributed by atoms with Crippen LogP contribution in [0.2, 0.25) is 0 Å². The standard InChI is InChI=1S/C24H18N2O2/c1-17-7-5-6-10-21(17)24(27)28-23-16-15-22(25-26-23)20-13-11-19(12-14-20)18-8-3-2-4-9-18/h2-16H,1H3. The summed E-state index contributed by atoms with van der Waals surface area (Å²) in [6.45, 7) is 1.87. The molecule has 0 atom stereocenters. The zero-order valence-electron chi connectivity index (χ0n) is 15.4. The van der Waals surface area contributed by atoms with Crippen LogP contribution >= 0.6 is 0 Å². The first-order valence-electron chi connectivity index (χ1n) is 8.98. The van der Waals surface area contributed by atoms with Crippen LogP contribution in [0, 0.1) is 6.92 Å². The van der Waals surface area contributed by atoms with Crippen molar-refractivity contribution < 1.29 is 9.53 Å². The van der Waals surface area contributed by atoms with E-state index >= 15 is 0 Å². The lowest BCUT2D eigenvalue weighted by Gasteiger charge is -2.07. The quantitative estimate of drug-likeness (QED) is 0.458. The van der Waals surface area contributed by atoms with Gasteiger partial charge in [-0.3, -0.25) is 0 Å². The van der Waals surface area contributed by atoms with Crippen molar-refractivity contribution in [1.29, 1.82) is 0 Å². The Morgan fingerprint density at radius 1 is 0.679 bits per heavy atom. The Bertz CT molecular complexity index is 1090. The van der Waals surface area contributed by atoms with Crippen LogP contribution in [-0.4, -0.2) is 16.2 Å². The summed E-state index contributed by atoms with van der Waals surface area (Å²) in [6.07, 6.45) is 0. The van der Waals surface area contributed by atoms with Gasteiger partial charge in [-0.25, -0.2) is 4.79 Å². The van der Waals surface area contributed by atoms with E-state index in [4.69, 9.17) is 4.74 Å². The maximum absolute atomic E-state index is 12.3. The Morgan fingerprint density at radius 3 is 2.00 bits per heavy atom. The van der Waals surface area contributed by atoms with Crippen molar-refractivity contribution in [3.63, 3.8) is 0 Å². The zero-order chi connectivity index (χ0) is 19.3. The van der Waals surface area contributed by atoms with Gasteiger partial charge in [0, 0.05) is 11.6 Å². The molecule has 4 aromatic rings. The first kappa shape index (κ1) is 17.6. The molecule has 4 nitrogen and oxygen atoms in total. The fourth-order valence-electron chi connectivity index (χ4n) is 2.94. The van der Waals surface area contributed by atoms with Gasteiger partial charge < -0.3 is 4.74 Å². The van der Waals surface area contributed by atoms with Gasteiger partial charge in [-0.2, -0.15) is 0 Å². The minimum atomic E-state index is -0.438. The molecule has 0 saturated heterocycles. The van der Waals surface area contributed by atoms with E-state index in [0.717, 1.165) is 22.4 Å². The molecule has 0 spiro atoms. The second-order valence-corrected chi connectivity index (χ2v) is 6.40. The van der Waals surface area contributed by atoms with Crippen molar-refractivity contribution in [2.24, 2.45) is 0 Å². The Balaban J connectivity index is 1.49. The molecule has 0 unspecified atom stereocenters. The molecule has 0 aliphatic carbocycles. The molecule has 0 saturated carbocycles. The van der Waals surface area contributed by atoms with Gasteiger partial charge in [-0.15, -0.1) is 10.2 Å². The lowest BCUT2D eigenvalue weighted by atomic mass is 10.0. The van der Waals surface area contributed by atoms with Crippen molar-refractivity contribution in [2.45, 2.75) is 6.92 Å². The lowest BCUT2D eigenvalue weighted by Crippen LogP contribution is -2.11. The fourth-order valence-corrected chi connectivity index (χ4v) is 2.94. The summed E-state index contributed by atoms with van der Waals surface area (Å²) < 4.78 is 5.34. The molecule has 136 valence electrons. The largest absolute Gasteiger partial charge is 0.402 e. The molecule has 0 aliphatic heterocycles. The molecule has 0 bridgehead atoms. The van der Waals surface area contributed by atoms with Gasteiger partial charge in [-0.05, 0) is 35.7 Å². The molecular weight excluding hydrogens is 348 g/mol. The number of carbonyl (C=O) groups is 1. The molecule has 0 fully saturated rings. The number of hydrogen-bond acceptors (Lipinski definition) is 4. The van der Waals surface area contributed by atoms with Crippen molar-refractivity contribution in [2.75, 3.05) is 0 Å². The second-order valence-electron chi connectivity index (χ2n) is 6.40. The Morgan fingerprint density at radius 2 is 1.32 bits per heavy atom. The van der Waals surface area contributed by atoms with Crippen LogP contribution in [-0.2, 0) is 0 Å². The Labute approximate surface area is 163 Å². The third kappa shape index (κ3) is 3.81. The highest BCUT2D eigenvalue weighted by molar-refractivity contribution is 5.92. The summed E-state index contributed by atoms with van der Waals surface area (Å²) in [7, 11) is 0. The van der Waals surface area contributed by atoms with E-state index in [1.54, 1.807) is 24.3 Å². The summed E-state index contributed by atoms with van der Waals surface area (Å²) >= 11 is 0. The van der Waals surface area contributed by atoms with Crippen LogP contribution in [0.25, 0.3) is 22.4 Å². The van der Waals surface area contributed by atoms with Gasteiger partial charge in [0.05, 0.1) is 11.3 Å². The van der Waals surface area contributed by atoms with Gasteiger partial charge in [0.25, 0.3) is 0 Å². The molecule has 4 heteroatoms. The minimum Gasteiger partial charge on any atom is -0.402 e. The maximum Gasteiger partial charge on any atom is 0.345 e. The molecule has 28 heavy (non-hydrogen) atoms. The molecular formula is C24H18N2O2. The molecule has 0 aliphatic rings. The predicted octanol–water partition coefficient (Wildman–Crippen LogP) is 5.34. The first-order chi connectivity index (χ1) is 13.7. The molecule has 4 rings (SSSR count). The smallest absolute Gasteiger partial charge is 0.345 e. The summed E-state index contributed by atoms with van der Waals surface area (Å²) in [6, 6.07) is 29.0. The number of nitrogens with zero attached hydrogens (tertiary/aromatic N) is 2. The number of ether oxygens (including phenoxy) is 1. The van der Waals surface area contributed by atoms with Gasteiger partial charge >= 0.3 is 5.97 Å². The molecule has 1 aromatic heterocycles. The first-order valence-corrected chi connectivity index (χ1v) is 8.98. The van der Waals surface area contributed by atoms with Gasteiger partial charge in [0.15, 0.2) is 0 Å². The number of benzene rings is 3. The molecule has 1 heterocycles. The summed E-state index contributed by atoms with van der Waals surface area (Å²) in [5.74, 6) is -0.259. The van der Waals surface area contributed by atoms with E-state index in [9.17, 15) is 4.79 Å². The molecule has 0 radical (unpaired) electrons. The third-order valence-electron chi connectivity index (χ3n) is 4.49. The Hall–Kier alpha value is -3.79. The summed E-state index contributed by atoms with van der Waals surface area (Å²) in [4.78, 5) is 12.3. The SMILES string of the molecule is Cc1ccccc1C(=O)Oc1ccc(-c2ccc(-c3ccccc3)cc2)nn1. The minimum absolute atomic E-state index is 0.179. The average molecular weight is 366 g/mol. The second kappa shape index (κ2) is 7.84. The van der Waals surface area contributed by atoms with Crippen LogP contribution in [0.5, 0.6) is 5.88 Å². The normalized spacial score (nSPS) is 10.5. The van der Waals surface area contributed by atoms with Crippen molar-refractivity contribution in [3.8, 4) is 28.3 Å². The summed E-state index contributed by atoms with van der Waals surface area (Å²) in [5, 5.41) is 8.23. The van der Waals surface area contributed by atoms with Gasteiger partial charge in [-0.1, -0.05) is 72.8 Å². The number of aromatic nitrogens is 2. The highest BCUT2D eigenvalue weighted by atomic mass is 16.5. The molecule has 3 aromatic carbocycles. The Kier molecular flexibility index (Phi) is 4.93. The monoisotopic (exact) mass is 366 g/mol. The van der Waals surface area contributed by atoms with Crippen LogP contribution in [0.1, 0.15) is 15.9 Å². The molecule has 0 N–H and O–H groups in total. The lowest BCUT2D eigenvalue weighted by molar-refractivity contribution is 0.0725. The van der Waals surface area contributed by atoms with Gasteiger partial charge in [0.1, 0.15) is 0 Å². The van der Waals surface area contributed by atoms with Crippen molar-refractivity contribution >= 4 is 5.97 Å². The maximum atomic E-state index is 12.3. The summed E-state index contributed by atoms with van der Waals surface area (Å²) in [5.41, 5.74) is 5.35. The van der Waals surface area contributed by atoms with E-state index in [1.165, 1.54) is 5.56 Å². The average Bonchev–Trinajstić information content (AvgIpc) is 2.75. The van der Waals surface area contributed by atoms with Crippen molar-refractivity contribution in [1.82, 2.24) is 10.2 Å². The van der Waals surface area contributed by atoms with Gasteiger partial charge in [0.2, 0.25) is 5.88 Å². The number of aryl methyl sites for hydroxylation is 1. The number of esters is 1. The molecule has 0 amide bonds. The predicted molar refractivity (Wildman–Crippen MR) is 109 cm³/mol. The number of hydrogen-bond donors (Lipinski definition) is 0. The number of carbonyl (C=O) groups excluding carboxylic acids is 1. The van der Waals surface area contributed by atoms with Crippen LogP contribution in [0.4, 0.5) is 0 Å². The van der Waals surface area contributed by atoms with E-state index in [2.05, 4.69) is 34.5 Å². The van der Waals surface area contributed by atoms with E-state index in [-0.39, 0.29) is 5.88 Å². The fraction of sp³-hybridized carbons (Fsp3) is 0.0417. The third-order valence-corrected chi connectivity index (χ3v) is 4.49. The van der Waals surface area contributed by atoms with E-state index in [0.29, 0.717) is 5.56 Å².